The van der Waals surface area contributed by atoms with Crippen molar-refractivity contribution < 1.29 is 24.9 Å². The summed E-state index contributed by atoms with van der Waals surface area (Å²) in [6.45, 7) is 2.10. The molecule has 0 amide bonds. The van der Waals surface area contributed by atoms with Gasteiger partial charge in [0.2, 0.25) is 0 Å². The molecule has 0 bridgehead atoms. The highest BCUT2D eigenvalue weighted by molar-refractivity contribution is 5.78. The fourth-order valence-corrected chi connectivity index (χ4v) is 3.37. The monoisotopic (exact) mass is 326 g/mol. The number of Topliss-reactive ketones (excluding diaryl/α,β-unsaturated/α-hetero) is 1. The van der Waals surface area contributed by atoms with E-state index in [9.17, 15) is 19.8 Å². The number of aliphatic carboxylic acids is 1. The van der Waals surface area contributed by atoms with Gasteiger partial charge in [0, 0.05) is 12.8 Å². The van der Waals surface area contributed by atoms with Gasteiger partial charge < -0.3 is 15.3 Å². The molecule has 5 nitrogen and oxygen atoms in total. The lowest BCUT2D eigenvalue weighted by Gasteiger charge is -2.22. The topological polar surface area (TPSA) is 94.8 Å². The van der Waals surface area contributed by atoms with E-state index in [0.717, 1.165) is 19.3 Å². The van der Waals surface area contributed by atoms with Crippen LogP contribution in [0.5, 0.6) is 0 Å². The number of carboxylic acids is 1. The summed E-state index contributed by atoms with van der Waals surface area (Å²) in [5.74, 6) is -0.845. The molecule has 0 aromatic rings. The Morgan fingerprint density at radius 1 is 1.04 bits per heavy atom. The zero-order valence-corrected chi connectivity index (χ0v) is 14.0. The van der Waals surface area contributed by atoms with Crippen LogP contribution in [0.4, 0.5) is 0 Å². The van der Waals surface area contributed by atoms with E-state index in [0.29, 0.717) is 32.1 Å². The maximum atomic E-state index is 11.9. The van der Waals surface area contributed by atoms with E-state index in [1.54, 1.807) is 12.2 Å². The van der Waals surface area contributed by atoms with Gasteiger partial charge in [0.25, 0.3) is 0 Å². The standard InChI is InChI=1S/C18H30O5/c1-2-3-4-7-13(19)10-11-15-14(16(20)12-17(15)21)8-5-6-9-18(22)23/h5-6,14-17,20-21H,2-4,7-12H2,1H3,(H,22,23)/b6-5-/t14-,15-,16+,17-/m1/s1. The number of carbonyl (C=O) groups is 2. The number of hydrogen-bond acceptors (Lipinski definition) is 4. The Bertz CT molecular complexity index is 404. The van der Waals surface area contributed by atoms with Gasteiger partial charge in [-0.3, -0.25) is 9.59 Å². The molecular weight excluding hydrogens is 296 g/mol. The Kier molecular flexibility index (Phi) is 9.10. The molecule has 5 heteroatoms. The van der Waals surface area contributed by atoms with E-state index in [1.807, 2.05) is 0 Å². The van der Waals surface area contributed by atoms with Crippen LogP contribution in [0.15, 0.2) is 12.2 Å². The largest absolute Gasteiger partial charge is 0.481 e. The first-order chi connectivity index (χ1) is 11.0. The van der Waals surface area contributed by atoms with Crippen LogP contribution < -0.4 is 0 Å². The summed E-state index contributed by atoms with van der Waals surface area (Å²) in [6.07, 6.45) is 7.74. The molecule has 1 aliphatic carbocycles. The minimum absolute atomic E-state index is 0.0358. The molecule has 0 aromatic carbocycles. The average Bonchev–Trinajstić information content (AvgIpc) is 2.75. The highest BCUT2D eigenvalue weighted by atomic mass is 16.4. The van der Waals surface area contributed by atoms with Crippen molar-refractivity contribution >= 4 is 11.8 Å². The molecule has 1 rings (SSSR count). The third-order valence-corrected chi connectivity index (χ3v) is 4.70. The highest BCUT2D eigenvalue weighted by Crippen LogP contribution is 2.38. The van der Waals surface area contributed by atoms with Gasteiger partial charge in [-0.05, 0) is 37.5 Å². The zero-order chi connectivity index (χ0) is 17.2. The lowest BCUT2D eigenvalue weighted by Crippen LogP contribution is -2.22. The van der Waals surface area contributed by atoms with Crippen molar-refractivity contribution in [3.05, 3.63) is 12.2 Å². The smallest absolute Gasteiger partial charge is 0.307 e. The molecule has 0 aromatic heterocycles. The van der Waals surface area contributed by atoms with Gasteiger partial charge in [0.15, 0.2) is 0 Å². The summed E-state index contributed by atoms with van der Waals surface area (Å²) in [4.78, 5) is 22.4. The normalized spacial score (nSPS) is 27.6. The van der Waals surface area contributed by atoms with E-state index in [4.69, 9.17) is 5.11 Å². The fraction of sp³-hybridized carbons (Fsp3) is 0.778. The molecule has 0 saturated heterocycles. The van der Waals surface area contributed by atoms with E-state index in [2.05, 4.69) is 6.92 Å². The molecular formula is C18H30O5. The molecule has 1 saturated carbocycles. The van der Waals surface area contributed by atoms with Crippen molar-refractivity contribution in [3.63, 3.8) is 0 Å². The third kappa shape index (κ3) is 7.27. The van der Waals surface area contributed by atoms with Crippen molar-refractivity contribution in [2.24, 2.45) is 11.8 Å². The molecule has 132 valence electrons. The van der Waals surface area contributed by atoms with Crippen LogP contribution in [0.2, 0.25) is 0 Å². The van der Waals surface area contributed by atoms with Gasteiger partial charge in [-0.2, -0.15) is 0 Å². The first-order valence-corrected chi connectivity index (χ1v) is 8.70. The maximum Gasteiger partial charge on any atom is 0.307 e. The van der Waals surface area contributed by atoms with E-state index in [1.165, 1.54) is 0 Å². The molecule has 0 heterocycles. The van der Waals surface area contributed by atoms with Gasteiger partial charge in [0.1, 0.15) is 5.78 Å². The van der Waals surface area contributed by atoms with Crippen LogP contribution in [-0.4, -0.2) is 39.3 Å². The Hall–Kier alpha value is -1.20. The van der Waals surface area contributed by atoms with Crippen LogP contribution in [0, 0.1) is 11.8 Å². The molecule has 0 radical (unpaired) electrons. The number of unbranched alkanes of at least 4 members (excludes halogenated alkanes) is 2. The Labute approximate surface area is 138 Å². The van der Waals surface area contributed by atoms with E-state index < -0.39 is 18.2 Å². The van der Waals surface area contributed by atoms with Crippen LogP contribution >= 0.6 is 0 Å². The fourth-order valence-electron chi connectivity index (χ4n) is 3.37. The average molecular weight is 326 g/mol. The molecule has 0 spiro atoms. The van der Waals surface area contributed by atoms with Crippen molar-refractivity contribution in [1.82, 2.24) is 0 Å². The summed E-state index contributed by atoms with van der Waals surface area (Å²) in [5, 5.41) is 28.8. The van der Waals surface area contributed by atoms with Crippen molar-refractivity contribution in [1.29, 1.82) is 0 Å². The summed E-state index contributed by atoms with van der Waals surface area (Å²) in [7, 11) is 0. The first kappa shape index (κ1) is 19.8. The number of hydrogen-bond donors (Lipinski definition) is 3. The quantitative estimate of drug-likeness (QED) is 0.401. The lowest BCUT2D eigenvalue weighted by molar-refractivity contribution is -0.136. The van der Waals surface area contributed by atoms with Crippen molar-refractivity contribution in [2.75, 3.05) is 0 Å². The second-order valence-electron chi connectivity index (χ2n) is 6.54. The minimum Gasteiger partial charge on any atom is -0.481 e. The Morgan fingerprint density at radius 3 is 2.39 bits per heavy atom. The number of carboxylic acid groups (broad SMARTS) is 1. The minimum atomic E-state index is -0.887. The Balaban J connectivity index is 2.44. The summed E-state index contributed by atoms with van der Waals surface area (Å²) in [6, 6.07) is 0. The SMILES string of the molecule is CCCCCC(=O)CC[C@@H]1[C@@H](C/C=C\CC(=O)O)[C@@H](O)C[C@H]1O. The number of ketones is 1. The summed E-state index contributed by atoms with van der Waals surface area (Å²) < 4.78 is 0. The van der Waals surface area contributed by atoms with Gasteiger partial charge >= 0.3 is 5.97 Å². The van der Waals surface area contributed by atoms with Gasteiger partial charge in [-0.1, -0.05) is 31.9 Å². The number of carbonyl (C=O) groups excluding carboxylic acids is 1. The van der Waals surface area contributed by atoms with Gasteiger partial charge in [-0.15, -0.1) is 0 Å². The summed E-state index contributed by atoms with van der Waals surface area (Å²) in [5.41, 5.74) is 0. The van der Waals surface area contributed by atoms with E-state index >= 15 is 0 Å². The number of aliphatic hydroxyl groups is 2. The first-order valence-electron chi connectivity index (χ1n) is 8.70. The van der Waals surface area contributed by atoms with E-state index in [-0.39, 0.29) is 24.0 Å². The number of rotatable bonds is 11. The molecule has 0 unspecified atom stereocenters. The molecule has 4 atom stereocenters. The lowest BCUT2D eigenvalue weighted by atomic mass is 9.86. The summed E-state index contributed by atoms with van der Waals surface area (Å²) >= 11 is 0. The zero-order valence-electron chi connectivity index (χ0n) is 14.0. The molecule has 0 aliphatic heterocycles. The molecule has 1 fully saturated rings. The van der Waals surface area contributed by atoms with Crippen LogP contribution in [0.1, 0.15) is 64.7 Å². The molecule has 23 heavy (non-hydrogen) atoms. The number of allylic oxidation sites excluding steroid dienone is 1. The third-order valence-electron chi connectivity index (χ3n) is 4.70. The second-order valence-corrected chi connectivity index (χ2v) is 6.54. The van der Waals surface area contributed by atoms with Crippen molar-refractivity contribution in [3.8, 4) is 0 Å². The predicted octanol–water partition coefficient (Wildman–Crippen LogP) is 2.69. The molecule has 1 aliphatic rings. The maximum absolute atomic E-state index is 11.9. The predicted molar refractivity (Wildman–Crippen MR) is 88.0 cm³/mol. The highest BCUT2D eigenvalue weighted by Gasteiger charge is 2.40. The second kappa shape index (κ2) is 10.6. The van der Waals surface area contributed by atoms with Crippen LogP contribution in [0.25, 0.3) is 0 Å². The van der Waals surface area contributed by atoms with Gasteiger partial charge in [-0.25, -0.2) is 0 Å². The Morgan fingerprint density at radius 2 is 1.74 bits per heavy atom. The van der Waals surface area contributed by atoms with Crippen LogP contribution in [-0.2, 0) is 9.59 Å². The molecule has 3 N–H and O–H groups in total. The number of aliphatic hydroxyl groups excluding tert-OH is 2. The van der Waals surface area contributed by atoms with Gasteiger partial charge in [0.05, 0.1) is 18.6 Å². The van der Waals surface area contributed by atoms with Crippen molar-refractivity contribution in [2.45, 2.75) is 76.9 Å². The van der Waals surface area contributed by atoms with Crippen LogP contribution in [0.3, 0.4) is 0 Å².